The Labute approximate surface area is 215 Å². The summed E-state index contributed by atoms with van der Waals surface area (Å²) >= 11 is 6.33. The first-order chi connectivity index (χ1) is 17.4. The van der Waals surface area contributed by atoms with Crippen LogP contribution in [0.3, 0.4) is 0 Å². The molecule has 190 valence electrons. The Hall–Kier alpha value is -3.05. The van der Waals surface area contributed by atoms with Gasteiger partial charge in [0.1, 0.15) is 17.8 Å². The molecule has 2 aliphatic heterocycles. The highest BCUT2D eigenvalue weighted by Crippen LogP contribution is 2.46. The second kappa shape index (κ2) is 10.1. The summed E-state index contributed by atoms with van der Waals surface area (Å²) in [4.78, 5) is 44.3. The minimum atomic E-state index is -0.780. The van der Waals surface area contributed by atoms with Gasteiger partial charge in [0, 0.05) is 34.9 Å². The number of benzene rings is 1. The maximum Gasteiger partial charge on any atom is 0.271 e. The molecule has 36 heavy (non-hydrogen) atoms. The van der Waals surface area contributed by atoms with Crippen LogP contribution >= 0.6 is 11.6 Å². The van der Waals surface area contributed by atoms with E-state index in [0.29, 0.717) is 36.6 Å². The van der Waals surface area contributed by atoms with Gasteiger partial charge in [0.05, 0.1) is 6.07 Å². The van der Waals surface area contributed by atoms with E-state index < -0.39 is 12.1 Å². The highest BCUT2D eigenvalue weighted by molar-refractivity contribution is 6.35. The van der Waals surface area contributed by atoms with Crippen molar-refractivity contribution in [2.24, 2.45) is 11.3 Å². The number of aromatic amines is 1. The molecule has 0 bridgehead atoms. The molecule has 3 atom stereocenters. The topological polar surface area (TPSA) is 118 Å². The van der Waals surface area contributed by atoms with Crippen LogP contribution in [-0.4, -0.2) is 52.8 Å². The van der Waals surface area contributed by atoms with Crippen LogP contribution in [0.2, 0.25) is 5.02 Å². The van der Waals surface area contributed by atoms with Gasteiger partial charge in [-0.15, -0.1) is 0 Å². The molecule has 2 saturated heterocycles. The quantitative estimate of drug-likeness (QED) is 0.566. The number of carbonyl (C=O) groups excluding carboxylic acids is 3. The van der Waals surface area contributed by atoms with Crippen molar-refractivity contribution in [2.75, 3.05) is 13.1 Å². The number of rotatable bonds is 5. The van der Waals surface area contributed by atoms with Crippen molar-refractivity contribution < 1.29 is 14.4 Å². The number of nitrogens with one attached hydrogen (secondary N) is 3. The Kier molecular flexibility index (Phi) is 6.94. The van der Waals surface area contributed by atoms with Crippen molar-refractivity contribution in [3.63, 3.8) is 0 Å². The summed E-state index contributed by atoms with van der Waals surface area (Å²) in [6.45, 7) is 1.17. The van der Waals surface area contributed by atoms with Gasteiger partial charge in [-0.25, -0.2) is 0 Å². The van der Waals surface area contributed by atoms with Crippen LogP contribution in [0, 0.1) is 22.7 Å². The molecule has 3 amide bonds. The Balaban J connectivity index is 1.37. The van der Waals surface area contributed by atoms with Gasteiger partial charge in [-0.1, -0.05) is 36.9 Å². The first-order valence-electron chi connectivity index (χ1n) is 12.9. The lowest BCUT2D eigenvalue weighted by Crippen LogP contribution is -2.49. The second-order valence-corrected chi connectivity index (χ2v) is 11.1. The number of hydrogen-bond donors (Lipinski definition) is 3. The lowest BCUT2D eigenvalue weighted by Gasteiger charge is -2.32. The van der Waals surface area contributed by atoms with Crippen molar-refractivity contribution in [1.29, 1.82) is 5.26 Å². The highest BCUT2D eigenvalue weighted by atomic mass is 35.5. The van der Waals surface area contributed by atoms with Gasteiger partial charge in [-0.3, -0.25) is 14.4 Å². The molecule has 2 aromatic rings. The fraction of sp³-hybridized carbons (Fsp3) is 0.556. The zero-order valence-corrected chi connectivity index (χ0v) is 21.1. The number of nitriles is 1. The number of likely N-dealkylation sites (tertiary alicyclic amines) is 1. The summed E-state index contributed by atoms with van der Waals surface area (Å²) in [6.07, 6.45) is 7.78. The lowest BCUT2D eigenvalue weighted by atomic mass is 9.72. The van der Waals surface area contributed by atoms with Crippen molar-refractivity contribution in [2.45, 2.75) is 69.9 Å². The molecule has 0 radical (unpaired) electrons. The average molecular weight is 510 g/mol. The number of piperidine rings is 1. The van der Waals surface area contributed by atoms with E-state index >= 15 is 0 Å². The van der Waals surface area contributed by atoms with Gasteiger partial charge in [0.2, 0.25) is 11.8 Å². The summed E-state index contributed by atoms with van der Waals surface area (Å²) in [5, 5.41) is 16.8. The third-order valence-electron chi connectivity index (χ3n) is 8.22. The van der Waals surface area contributed by atoms with Crippen LogP contribution in [-0.2, 0) is 9.59 Å². The van der Waals surface area contributed by atoms with Gasteiger partial charge < -0.3 is 20.5 Å². The fourth-order valence-corrected chi connectivity index (χ4v) is 6.54. The zero-order valence-electron chi connectivity index (χ0n) is 20.3. The molecule has 3 heterocycles. The third kappa shape index (κ3) is 4.81. The molecule has 3 N–H and O–H groups in total. The number of carbonyl (C=O) groups is 3. The molecule has 1 aromatic heterocycles. The van der Waals surface area contributed by atoms with Crippen molar-refractivity contribution in [3.8, 4) is 6.07 Å². The van der Waals surface area contributed by atoms with Crippen molar-refractivity contribution in [3.05, 3.63) is 35.0 Å². The van der Waals surface area contributed by atoms with Crippen LogP contribution < -0.4 is 10.6 Å². The first kappa shape index (κ1) is 24.6. The average Bonchev–Trinajstić information content (AvgIpc) is 3.48. The molecular formula is C27H32ClN5O3. The number of fused-ring (bicyclic) bond motifs is 1. The maximum atomic E-state index is 13.7. The molecule has 3 unspecified atom stereocenters. The number of halogens is 1. The summed E-state index contributed by atoms with van der Waals surface area (Å²) in [6, 6.07) is 7.95. The Morgan fingerprint density at radius 1 is 1.25 bits per heavy atom. The van der Waals surface area contributed by atoms with Gasteiger partial charge in [0.15, 0.2) is 0 Å². The number of nitrogens with zero attached hydrogens (tertiary/aromatic N) is 2. The lowest BCUT2D eigenvalue weighted by molar-refractivity contribution is -0.128. The van der Waals surface area contributed by atoms with Crippen molar-refractivity contribution in [1.82, 2.24) is 20.5 Å². The molecule has 1 spiro atoms. The van der Waals surface area contributed by atoms with E-state index in [0.717, 1.165) is 43.0 Å². The standard InChI is InChI=1S/C27H32ClN5O3/c28-20-7-4-8-21-19(20)13-22(32-21)26(36)33-16-27(9-2-1-3-10-27)14-23(33)25(35)31-18(15-29)12-17-6-5-11-30-24(17)34/h4,7-8,13,17-18,23,32H,1-3,5-6,9-12,14,16H2,(H,30,34)(H,31,35). The second-order valence-electron chi connectivity index (χ2n) is 10.7. The van der Waals surface area contributed by atoms with E-state index in [1.807, 2.05) is 12.1 Å². The van der Waals surface area contributed by atoms with E-state index in [1.54, 1.807) is 17.0 Å². The molecule has 1 aliphatic carbocycles. The summed E-state index contributed by atoms with van der Waals surface area (Å²) in [5.41, 5.74) is 1.10. The van der Waals surface area contributed by atoms with Gasteiger partial charge in [-0.2, -0.15) is 5.26 Å². The molecule has 1 saturated carbocycles. The Morgan fingerprint density at radius 2 is 2.06 bits per heavy atom. The molecule has 8 nitrogen and oxygen atoms in total. The Morgan fingerprint density at radius 3 is 2.78 bits per heavy atom. The van der Waals surface area contributed by atoms with E-state index in [9.17, 15) is 19.6 Å². The number of H-pyrrole nitrogens is 1. The van der Waals surface area contributed by atoms with E-state index in [4.69, 9.17) is 11.6 Å². The molecule has 3 fully saturated rings. The first-order valence-corrected chi connectivity index (χ1v) is 13.3. The van der Waals surface area contributed by atoms with E-state index in [1.165, 1.54) is 6.42 Å². The summed E-state index contributed by atoms with van der Waals surface area (Å²) in [5.74, 6) is -0.898. The number of hydrogen-bond acceptors (Lipinski definition) is 4. The summed E-state index contributed by atoms with van der Waals surface area (Å²) < 4.78 is 0. The largest absolute Gasteiger partial charge is 0.356 e. The van der Waals surface area contributed by atoms with E-state index in [-0.39, 0.29) is 35.5 Å². The molecular weight excluding hydrogens is 478 g/mol. The monoisotopic (exact) mass is 509 g/mol. The van der Waals surface area contributed by atoms with E-state index in [2.05, 4.69) is 21.7 Å². The molecule has 1 aromatic carbocycles. The van der Waals surface area contributed by atoms with Gasteiger partial charge in [0.25, 0.3) is 5.91 Å². The van der Waals surface area contributed by atoms with Crippen LogP contribution in [0.15, 0.2) is 24.3 Å². The Bertz CT molecular complexity index is 1210. The molecule has 3 aliphatic rings. The van der Waals surface area contributed by atoms with Crippen LogP contribution in [0.25, 0.3) is 10.9 Å². The minimum Gasteiger partial charge on any atom is -0.356 e. The van der Waals surface area contributed by atoms with Crippen LogP contribution in [0.4, 0.5) is 0 Å². The minimum absolute atomic E-state index is 0.0629. The maximum absolute atomic E-state index is 13.7. The predicted octanol–water partition coefficient (Wildman–Crippen LogP) is 3.91. The fourth-order valence-electron chi connectivity index (χ4n) is 6.31. The highest BCUT2D eigenvalue weighted by Gasteiger charge is 2.49. The molecule has 5 rings (SSSR count). The number of amides is 3. The summed E-state index contributed by atoms with van der Waals surface area (Å²) in [7, 11) is 0. The van der Waals surface area contributed by atoms with Crippen LogP contribution in [0.5, 0.6) is 0 Å². The SMILES string of the molecule is N#CC(CC1CCCNC1=O)NC(=O)C1CC2(CCCCC2)CN1C(=O)c1cc2c(Cl)cccc2[nH]1. The zero-order chi connectivity index (χ0) is 25.3. The predicted molar refractivity (Wildman–Crippen MR) is 136 cm³/mol. The van der Waals surface area contributed by atoms with Gasteiger partial charge in [-0.05, 0) is 62.1 Å². The molecule has 9 heteroatoms. The van der Waals surface area contributed by atoms with Crippen LogP contribution in [0.1, 0.15) is 68.3 Å². The third-order valence-corrected chi connectivity index (χ3v) is 8.55. The van der Waals surface area contributed by atoms with Crippen molar-refractivity contribution >= 4 is 40.2 Å². The smallest absolute Gasteiger partial charge is 0.271 e. The number of aromatic nitrogens is 1. The van der Waals surface area contributed by atoms with Gasteiger partial charge >= 0.3 is 0 Å². The normalized spacial score (nSPS) is 24.3.